The molecule has 0 aliphatic rings. The number of aromatic carboxylic acids is 1. The topological polar surface area (TPSA) is 67.5 Å². The Morgan fingerprint density at radius 2 is 2.12 bits per heavy atom. The van der Waals surface area contributed by atoms with Crippen LogP contribution in [0.4, 0.5) is 0 Å². The number of hydrogen-bond donors (Lipinski definition) is 1. The van der Waals surface area contributed by atoms with Crippen molar-refractivity contribution in [1.82, 2.24) is 14.6 Å². The highest BCUT2D eigenvalue weighted by Crippen LogP contribution is 2.22. The molecule has 0 unspecified atom stereocenters. The molecule has 0 atom stereocenters. The van der Waals surface area contributed by atoms with Crippen molar-refractivity contribution in [2.24, 2.45) is 0 Å². The second-order valence-corrected chi connectivity index (χ2v) is 3.87. The molecule has 0 radical (unpaired) electrons. The Morgan fingerprint density at radius 1 is 1.35 bits per heavy atom. The minimum absolute atomic E-state index is 0.0509. The first-order valence-electron chi connectivity index (χ1n) is 4.84. The van der Waals surface area contributed by atoms with Crippen molar-refractivity contribution in [3.8, 4) is 0 Å². The molecule has 0 fully saturated rings. The summed E-state index contributed by atoms with van der Waals surface area (Å²) in [5.41, 5.74) is 1.30. The van der Waals surface area contributed by atoms with Gasteiger partial charge < -0.3 is 5.11 Å². The van der Waals surface area contributed by atoms with Gasteiger partial charge in [-0.05, 0) is 23.7 Å². The number of hydrogen-bond acceptors (Lipinski definition) is 3. The van der Waals surface area contributed by atoms with Crippen molar-refractivity contribution in [3.63, 3.8) is 0 Å². The highest BCUT2D eigenvalue weighted by atomic mass is 35.5. The first-order chi connectivity index (χ1) is 8.16. The van der Waals surface area contributed by atoms with Crippen LogP contribution in [0.25, 0.3) is 16.4 Å². The predicted octanol–water partition coefficient (Wildman–Crippen LogP) is 2.23. The number of fused-ring (bicyclic) bond motifs is 3. The molecule has 2 heterocycles. The van der Waals surface area contributed by atoms with Crippen LogP contribution in [-0.4, -0.2) is 25.7 Å². The molecule has 0 aliphatic carbocycles. The SMILES string of the molecule is O=C(O)c1cc2c3ccccc3nc(Cl)n2n1. The normalized spacial score (nSPS) is 11.1. The number of halogens is 1. The Hall–Kier alpha value is -2.14. The first kappa shape index (κ1) is 10.0. The molecule has 2 aromatic heterocycles. The Morgan fingerprint density at radius 3 is 2.88 bits per heavy atom. The summed E-state index contributed by atoms with van der Waals surface area (Å²) in [7, 11) is 0. The van der Waals surface area contributed by atoms with E-state index >= 15 is 0 Å². The van der Waals surface area contributed by atoms with Crippen LogP contribution < -0.4 is 0 Å². The van der Waals surface area contributed by atoms with Crippen LogP contribution in [0.3, 0.4) is 0 Å². The van der Waals surface area contributed by atoms with Crippen LogP contribution in [0.1, 0.15) is 10.5 Å². The molecular formula is C11H6ClN3O2. The van der Waals surface area contributed by atoms with Gasteiger partial charge in [-0.1, -0.05) is 18.2 Å². The summed E-state index contributed by atoms with van der Waals surface area (Å²) in [6.45, 7) is 0. The summed E-state index contributed by atoms with van der Waals surface area (Å²) >= 11 is 5.95. The number of aromatic nitrogens is 3. The third-order valence-electron chi connectivity index (χ3n) is 2.50. The van der Waals surface area contributed by atoms with Gasteiger partial charge in [0.05, 0.1) is 11.0 Å². The average molecular weight is 248 g/mol. The zero-order chi connectivity index (χ0) is 12.0. The van der Waals surface area contributed by atoms with E-state index in [0.29, 0.717) is 11.0 Å². The van der Waals surface area contributed by atoms with Crippen molar-refractivity contribution in [2.75, 3.05) is 0 Å². The third-order valence-corrected chi connectivity index (χ3v) is 2.74. The average Bonchev–Trinajstić information content (AvgIpc) is 2.75. The van der Waals surface area contributed by atoms with Crippen molar-refractivity contribution in [3.05, 3.63) is 41.3 Å². The number of rotatable bonds is 1. The summed E-state index contributed by atoms with van der Waals surface area (Å²) < 4.78 is 1.33. The molecular weight excluding hydrogens is 242 g/mol. The number of carboxylic acid groups (broad SMARTS) is 1. The lowest BCUT2D eigenvalue weighted by Crippen LogP contribution is -1.99. The number of benzene rings is 1. The molecule has 0 amide bonds. The number of para-hydroxylation sites is 1. The molecule has 17 heavy (non-hydrogen) atoms. The second-order valence-electron chi connectivity index (χ2n) is 3.53. The maximum absolute atomic E-state index is 10.9. The molecule has 0 spiro atoms. The van der Waals surface area contributed by atoms with Crippen molar-refractivity contribution in [2.45, 2.75) is 0 Å². The van der Waals surface area contributed by atoms with Gasteiger partial charge in [-0.25, -0.2) is 14.3 Å². The van der Waals surface area contributed by atoms with E-state index in [0.717, 1.165) is 5.39 Å². The predicted molar refractivity (Wildman–Crippen MR) is 62.5 cm³/mol. The van der Waals surface area contributed by atoms with E-state index in [1.165, 1.54) is 10.6 Å². The quantitative estimate of drug-likeness (QED) is 0.670. The Bertz CT molecular complexity index is 751. The van der Waals surface area contributed by atoms with Crippen LogP contribution in [0.2, 0.25) is 5.28 Å². The van der Waals surface area contributed by atoms with E-state index in [1.54, 1.807) is 0 Å². The maximum atomic E-state index is 10.9. The number of carbonyl (C=O) groups is 1. The van der Waals surface area contributed by atoms with E-state index < -0.39 is 5.97 Å². The van der Waals surface area contributed by atoms with E-state index in [9.17, 15) is 4.79 Å². The molecule has 3 rings (SSSR count). The summed E-state index contributed by atoms with van der Waals surface area (Å²) in [5.74, 6) is -1.09. The second kappa shape index (κ2) is 3.43. The van der Waals surface area contributed by atoms with Crippen LogP contribution in [0, 0.1) is 0 Å². The largest absolute Gasteiger partial charge is 0.476 e. The van der Waals surface area contributed by atoms with Crippen molar-refractivity contribution < 1.29 is 9.90 Å². The summed E-state index contributed by atoms with van der Waals surface area (Å²) in [5, 5.41) is 13.8. The van der Waals surface area contributed by atoms with Crippen molar-refractivity contribution in [1.29, 1.82) is 0 Å². The molecule has 3 aromatic rings. The minimum Gasteiger partial charge on any atom is -0.476 e. The van der Waals surface area contributed by atoms with Gasteiger partial charge in [0.2, 0.25) is 5.28 Å². The van der Waals surface area contributed by atoms with Gasteiger partial charge in [-0.3, -0.25) is 0 Å². The van der Waals surface area contributed by atoms with Crippen LogP contribution in [-0.2, 0) is 0 Å². The van der Waals surface area contributed by atoms with Crippen LogP contribution in [0.15, 0.2) is 30.3 Å². The summed E-state index contributed by atoms with van der Waals surface area (Å²) in [6.07, 6.45) is 0. The molecule has 84 valence electrons. The third kappa shape index (κ3) is 1.43. The molecule has 0 aliphatic heterocycles. The molecule has 0 saturated heterocycles. The lowest BCUT2D eigenvalue weighted by molar-refractivity contribution is 0.0690. The zero-order valence-electron chi connectivity index (χ0n) is 8.46. The Kier molecular flexibility index (Phi) is 2.02. The Balaban J connectivity index is 2.51. The van der Waals surface area contributed by atoms with E-state index in [-0.39, 0.29) is 11.0 Å². The van der Waals surface area contributed by atoms with Gasteiger partial charge >= 0.3 is 5.97 Å². The van der Waals surface area contributed by atoms with Gasteiger partial charge in [0.1, 0.15) is 0 Å². The van der Waals surface area contributed by atoms with Gasteiger partial charge in [-0.15, -0.1) is 0 Å². The first-order valence-corrected chi connectivity index (χ1v) is 5.22. The molecule has 1 aromatic carbocycles. The minimum atomic E-state index is -1.09. The van der Waals surface area contributed by atoms with E-state index in [2.05, 4.69) is 10.1 Å². The molecule has 6 heteroatoms. The lowest BCUT2D eigenvalue weighted by atomic mass is 10.2. The van der Waals surface area contributed by atoms with Gasteiger partial charge in [0, 0.05) is 5.39 Å². The number of carboxylic acids is 1. The van der Waals surface area contributed by atoms with Crippen LogP contribution in [0.5, 0.6) is 0 Å². The molecule has 0 bridgehead atoms. The number of nitrogens with zero attached hydrogens (tertiary/aromatic N) is 3. The van der Waals surface area contributed by atoms with Gasteiger partial charge in [0.15, 0.2) is 5.69 Å². The monoisotopic (exact) mass is 247 g/mol. The molecule has 5 nitrogen and oxygen atoms in total. The summed E-state index contributed by atoms with van der Waals surface area (Å²) in [6, 6.07) is 8.84. The zero-order valence-corrected chi connectivity index (χ0v) is 9.22. The fraction of sp³-hybridized carbons (Fsp3) is 0. The Labute approximate surface area is 100 Å². The standard InChI is InChI=1S/C11H6ClN3O2/c12-11-13-7-4-2-1-3-6(7)9-5-8(10(16)17)14-15(9)11/h1-5H,(H,16,17). The molecule has 0 saturated carbocycles. The maximum Gasteiger partial charge on any atom is 0.356 e. The van der Waals surface area contributed by atoms with Gasteiger partial charge in [0.25, 0.3) is 0 Å². The highest BCUT2D eigenvalue weighted by molar-refractivity contribution is 6.29. The lowest BCUT2D eigenvalue weighted by Gasteiger charge is -2.01. The fourth-order valence-corrected chi connectivity index (χ4v) is 1.97. The highest BCUT2D eigenvalue weighted by Gasteiger charge is 2.13. The molecule has 1 N–H and O–H groups in total. The smallest absolute Gasteiger partial charge is 0.356 e. The fourth-order valence-electron chi connectivity index (χ4n) is 1.75. The summed E-state index contributed by atoms with van der Waals surface area (Å²) in [4.78, 5) is 15.0. The van der Waals surface area contributed by atoms with E-state index in [4.69, 9.17) is 16.7 Å². The van der Waals surface area contributed by atoms with E-state index in [1.807, 2.05) is 24.3 Å². The van der Waals surface area contributed by atoms with Crippen LogP contribution >= 0.6 is 11.6 Å². The van der Waals surface area contributed by atoms with Crippen molar-refractivity contribution >= 4 is 34.0 Å². The van der Waals surface area contributed by atoms with Gasteiger partial charge in [-0.2, -0.15) is 5.10 Å².